The highest BCUT2D eigenvalue weighted by molar-refractivity contribution is 7.85. The normalized spacial score (nSPS) is 14.0. The Morgan fingerprint density at radius 2 is 1.79 bits per heavy atom. The van der Waals surface area contributed by atoms with Crippen LogP contribution in [0.4, 0.5) is 0 Å². The summed E-state index contributed by atoms with van der Waals surface area (Å²) < 4.78 is 29.7. The topological polar surface area (TPSA) is 74.6 Å². The maximum absolute atomic E-state index is 10.6. The lowest BCUT2D eigenvalue weighted by Crippen LogP contribution is -2.11. The summed E-state index contributed by atoms with van der Waals surface area (Å²) in [5.74, 6) is 0. The molecule has 1 rings (SSSR count). The molecule has 0 saturated carbocycles. The minimum absolute atomic E-state index is 0.0399. The lowest BCUT2D eigenvalue weighted by atomic mass is 10.2. The Hall–Kier alpha value is -0.330. The van der Waals surface area contributed by atoms with Crippen molar-refractivity contribution in [2.75, 3.05) is 0 Å². The summed E-state index contributed by atoms with van der Waals surface area (Å²) in [5.41, 5.74) is -2.04. The number of hydrogen-bond donors (Lipinski definition) is 2. The summed E-state index contributed by atoms with van der Waals surface area (Å²) in [7, 11) is -4.53. The smallest absolute Gasteiger partial charge is 0.296 e. The Kier molecular flexibility index (Phi) is 3.39. The van der Waals surface area contributed by atoms with Crippen molar-refractivity contribution < 1.29 is 18.1 Å². The van der Waals surface area contributed by atoms with E-state index in [1.165, 1.54) is 18.2 Å². The molecule has 0 heterocycles. The first kappa shape index (κ1) is 11.7. The summed E-state index contributed by atoms with van der Waals surface area (Å²) in [6.07, 6.45) is 0. The molecule has 14 heavy (non-hydrogen) atoms. The Morgan fingerprint density at radius 3 is 2.21 bits per heavy atom. The van der Waals surface area contributed by atoms with Gasteiger partial charge in [-0.15, -0.1) is 0 Å². The monoisotopic (exact) mass is 256 g/mol. The van der Waals surface area contributed by atoms with E-state index in [1.54, 1.807) is 0 Å². The fraction of sp³-hybridized carbons (Fsp3) is 0.143. The molecule has 0 aliphatic rings. The van der Waals surface area contributed by atoms with E-state index in [-0.39, 0.29) is 15.6 Å². The van der Waals surface area contributed by atoms with Crippen LogP contribution in [0.1, 0.15) is 11.0 Å². The quantitative estimate of drug-likeness (QED) is 0.793. The first-order chi connectivity index (χ1) is 6.32. The van der Waals surface area contributed by atoms with Crippen LogP contribution in [-0.2, 0) is 10.1 Å². The largest absolute Gasteiger partial charge is 0.371 e. The molecule has 0 bridgehead atoms. The Morgan fingerprint density at radius 1 is 1.21 bits per heavy atom. The average Bonchev–Trinajstić information content (AvgIpc) is 2.07. The van der Waals surface area contributed by atoms with E-state index < -0.39 is 15.6 Å². The molecule has 1 unspecified atom stereocenters. The molecule has 0 fully saturated rings. The molecule has 7 heteroatoms. The lowest BCUT2D eigenvalue weighted by molar-refractivity contribution is 0.238. The molecular weight excluding hydrogens is 251 g/mol. The zero-order valence-corrected chi connectivity index (χ0v) is 9.01. The van der Waals surface area contributed by atoms with Gasteiger partial charge in [0.15, 0.2) is 0 Å². The van der Waals surface area contributed by atoms with Crippen molar-refractivity contribution in [2.24, 2.45) is 0 Å². The van der Waals surface area contributed by atoms with Gasteiger partial charge in [0.25, 0.3) is 10.1 Å². The zero-order chi connectivity index (χ0) is 10.9. The number of halogens is 2. The summed E-state index contributed by atoms with van der Waals surface area (Å²) >= 11 is 11.2. The van der Waals surface area contributed by atoms with Crippen LogP contribution in [0, 0.1) is 0 Å². The molecule has 1 aromatic rings. The van der Waals surface area contributed by atoms with Crippen molar-refractivity contribution in [3.63, 3.8) is 0 Å². The molecule has 4 nitrogen and oxygen atoms in total. The van der Waals surface area contributed by atoms with E-state index in [2.05, 4.69) is 0 Å². The van der Waals surface area contributed by atoms with E-state index in [0.717, 1.165) is 0 Å². The Labute approximate surface area is 90.8 Å². The molecule has 2 N–H and O–H groups in total. The molecular formula is C7H6Cl2O4S. The predicted molar refractivity (Wildman–Crippen MR) is 53.0 cm³/mol. The molecule has 0 saturated heterocycles. The molecule has 0 aromatic heterocycles. The summed E-state index contributed by atoms with van der Waals surface area (Å²) in [6.45, 7) is 0. The number of aliphatic hydroxyl groups excluding tert-OH is 1. The SMILES string of the molecule is O=S(=O)(O)C(O)c1ccc(Cl)c(Cl)c1. The van der Waals surface area contributed by atoms with Gasteiger partial charge in [0.1, 0.15) is 0 Å². The van der Waals surface area contributed by atoms with Crippen molar-refractivity contribution in [3.8, 4) is 0 Å². The van der Waals surface area contributed by atoms with Gasteiger partial charge in [0.2, 0.25) is 5.44 Å². The second-order valence-corrected chi connectivity index (χ2v) is 4.83. The number of hydrogen-bond acceptors (Lipinski definition) is 3. The van der Waals surface area contributed by atoms with Crippen molar-refractivity contribution in [1.82, 2.24) is 0 Å². The highest BCUT2D eigenvalue weighted by atomic mass is 35.5. The molecule has 0 spiro atoms. The van der Waals surface area contributed by atoms with Crippen LogP contribution in [0.15, 0.2) is 18.2 Å². The number of rotatable bonds is 2. The van der Waals surface area contributed by atoms with Crippen molar-refractivity contribution >= 4 is 33.3 Å². The number of aliphatic hydroxyl groups is 1. The van der Waals surface area contributed by atoms with Gasteiger partial charge in [0, 0.05) is 0 Å². The first-order valence-corrected chi connectivity index (χ1v) is 5.67. The van der Waals surface area contributed by atoms with Crippen LogP contribution >= 0.6 is 23.2 Å². The summed E-state index contributed by atoms with van der Waals surface area (Å²) in [4.78, 5) is 0. The molecule has 0 aliphatic carbocycles. The summed E-state index contributed by atoms with van der Waals surface area (Å²) in [5, 5.41) is 9.47. The second kappa shape index (κ2) is 4.04. The van der Waals surface area contributed by atoms with Crippen molar-refractivity contribution in [3.05, 3.63) is 33.8 Å². The van der Waals surface area contributed by atoms with Gasteiger partial charge < -0.3 is 5.11 Å². The first-order valence-electron chi connectivity index (χ1n) is 3.41. The Balaban J connectivity index is 3.16. The maximum Gasteiger partial charge on any atom is 0.296 e. The van der Waals surface area contributed by atoms with Crippen LogP contribution in [0.2, 0.25) is 10.0 Å². The van der Waals surface area contributed by atoms with Gasteiger partial charge in [-0.05, 0) is 17.7 Å². The maximum atomic E-state index is 10.6. The van der Waals surface area contributed by atoms with Gasteiger partial charge >= 0.3 is 0 Å². The second-order valence-electron chi connectivity index (χ2n) is 2.54. The third-order valence-corrected chi connectivity index (χ3v) is 3.09. The standard InChI is InChI=1S/C7H6Cl2O4S/c8-5-2-1-4(3-6(5)9)7(10)14(11,12)13/h1-3,7,10H,(H,11,12,13). The van der Waals surface area contributed by atoms with E-state index >= 15 is 0 Å². The van der Waals surface area contributed by atoms with E-state index in [1.807, 2.05) is 0 Å². The fourth-order valence-electron chi connectivity index (χ4n) is 0.838. The highest BCUT2D eigenvalue weighted by Gasteiger charge is 2.22. The predicted octanol–water partition coefficient (Wildman–Crippen LogP) is 1.87. The minimum atomic E-state index is -4.53. The molecule has 1 aromatic carbocycles. The molecule has 78 valence electrons. The van der Waals surface area contributed by atoms with Crippen molar-refractivity contribution in [1.29, 1.82) is 0 Å². The van der Waals surface area contributed by atoms with E-state index in [4.69, 9.17) is 32.9 Å². The van der Waals surface area contributed by atoms with Crippen LogP contribution in [0.3, 0.4) is 0 Å². The van der Waals surface area contributed by atoms with Crippen LogP contribution < -0.4 is 0 Å². The third kappa shape index (κ3) is 2.59. The van der Waals surface area contributed by atoms with Gasteiger partial charge in [-0.25, -0.2) is 0 Å². The van der Waals surface area contributed by atoms with Gasteiger partial charge in [0.05, 0.1) is 10.0 Å². The zero-order valence-electron chi connectivity index (χ0n) is 6.68. The van der Waals surface area contributed by atoms with Crippen molar-refractivity contribution in [2.45, 2.75) is 5.44 Å². The van der Waals surface area contributed by atoms with Gasteiger partial charge in [-0.1, -0.05) is 29.3 Å². The third-order valence-electron chi connectivity index (χ3n) is 1.51. The molecule has 0 aliphatic heterocycles. The van der Waals surface area contributed by atoms with Crippen LogP contribution in [-0.4, -0.2) is 18.1 Å². The Bertz CT molecular complexity index is 443. The fourth-order valence-corrected chi connectivity index (χ4v) is 1.64. The van der Waals surface area contributed by atoms with Crippen LogP contribution in [0.5, 0.6) is 0 Å². The lowest BCUT2D eigenvalue weighted by Gasteiger charge is -2.07. The van der Waals surface area contributed by atoms with Crippen LogP contribution in [0.25, 0.3) is 0 Å². The van der Waals surface area contributed by atoms with Gasteiger partial charge in [-0.2, -0.15) is 8.42 Å². The van der Waals surface area contributed by atoms with E-state index in [9.17, 15) is 8.42 Å². The highest BCUT2D eigenvalue weighted by Crippen LogP contribution is 2.27. The van der Waals surface area contributed by atoms with Gasteiger partial charge in [-0.3, -0.25) is 4.55 Å². The minimum Gasteiger partial charge on any atom is -0.371 e. The molecule has 0 radical (unpaired) electrons. The average molecular weight is 257 g/mol. The molecule has 1 atom stereocenters. The summed E-state index contributed by atoms with van der Waals surface area (Å²) in [6, 6.07) is 3.75. The van der Waals surface area contributed by atoms with E-state index in [0.29, 0.717) is 0 Å². The number of benzene rings is 1. The molecule has 0 amide bonds.